The lowest BCUT2D eigenvalue weighted by Crippen LogP contribution is -1.95. The van der Waals surface area contributed by atoms with Crippen LogP contribution in [0.4, 0.5) is 0 Å². The summed E-state index contributed by atoms with van der Waals surface area (Å²) in [6, 6.07) is 13.1. The first kappa shape index (κ1) is 15.5. The zero-order valence-corrected chi connectivity index (χ0v) is 15.9. The average Bonchev–Trinajstić information content (AvgIpc) is 2.57. The molecule has 0 spiro atoms. The highest BCUT2D eigenvalue weighted by atomic mass is 16.3. The molecule has 0 aromatic heterocycles. The van der Waals surface area contributed by atoms with E-state index in [4.69, 9.17) is 0 Å². The van der Waals surface area contributed by atoms with Gasteiger partial charge in [-0.1, -0.05) is 30.3 Å². The van der Waals surface area contributed by atoms with Crippen LogP contribution in [0.5, 0.6) is 5.75 Å². The van der Waals surface area contributed by atoms with E-state index in [1.54, 1.807) is 0 Å². The second kappa shape index (κ2) is 4.88. The van der Waals surface area contributed by atoms with Crippen LogP contribution < -0.4 is 0 Å². The van der Waals surface area contributed by atoms with Gasteiger partial charge in [0, 0.05) is 10.8 Å². The first-order chi connectivity index (χ1) is 12.4. The summed E-state index contributed by atoms with van der Waals surface area (Å²) in [6.07, 6.45) is 0. The molecular formula is C25H22O. The number of phenolic OH excluding ortho intramolecular Hbond substituents is 1. The average molecular weight is 338 g/mol. The molecular weight excluding hydrogens is 316 g/mol. The molecule has 26 heavy (non-hydrogen) atoms. The molecule has 0 fully saturated rings. The van der Waals surface area contributed by atoms with Gasteiger partial charge < -0.3 is 5.11 Å². The van der Waals surface area contributed by atoms with Crippen LogP contribution in [0.1, 0.15) is 27.8 Å². The molecule has 0 aliphatic carbocycles. The van der Waals surface area contributed by atoms with Crippen molar-refractivity contribution in [2.45, 2.75) is 34.6 Å². The van der Waals surface area contributed by atoms with Crippen molar-refractivity contribution < 1.29 is 5.11 Å². The number of hydrogen-bond donors (Lipinski definition) is 1. The minimum Gasteiger partial charge on any atom is -0.507 e. The van der Waals surface area contributed by atoms with E-state index in [0.29, 0.717) is 5.75 Å². The van der Waals surface area contributed by atoms with E-state index >= 15 is 0 Å². The molecule has 0 saturated heterocycles. The third-order valence-electron chi connectivity index (χ3n) is 6.09. The number of aromatic hydroxyl groups is 1. The van der Waals surface area contributed by atoms with Gasteiger partial charge in [0.15, 0.2) is 0 Å². The number of fused-ring (bicyclic) bond motifs is 2. The molecule has 0 heterocycles. The van der Waals surface area contributed by atoms with E-state index in [1.165, 1.54) is 60.0 Å². The Morgan fingerprint density at radius 3 is 1.50 bits per heavy atom. The van der Waals surface area contributed by atoms with Crippen LogP contribution in [0, 0.1) is 34.6 Å². The molecule has 0 saturated carbocycles. The zero-order chi connectivity index (χ0) is 18.3. The van der Waals surface area contributed by atoms with E-state index in [9.17, 15) is 5.11 Å². The van der Waals surface area contributed by atoms with Crippen LogP contribution in [0.15, 0.2) is 36.4 Å². The third-order valence-corrected chi connectivity index (χ3v) is 6.09. The molecule has 1 nitrogen and oxygen atoms in total. The first-order valence-corrected chi connectivity index (χ1v) is 9.20. The Kier molecular flexibility index (Phi) is 2.90. The molecule has 0 aliphatic heterocycles. The van der Waals surface area contributed by atoms with Gasteiger partial charge in [0.25, 0.3) is 0 Å². The van der Waals surface area contributed by atoms with Gasteiger partial charge in [0.1, 0.15) is 5.75 Å². The summed E-state index contributed by atoms with van der Waals surface area (Å²) in [4.78, 5) is 0. The van der Waals surface area contributed by atoms with Crippen LogP contribution in [-0.4, -0.2) is 5.11 Å². The Balaban J connectivity index is 2.32. The van der Waals surface area contributed by atoms with E-state index in [1.807, 2.05) is 6.07 Å². The predicted molar refractivity (Wildman–Crippen MR) is 113 cm³/mol. The highest BCUT2D eigenvalue weighted by Crippen LogP contribution is 2.47. The number of benzene rings is 5. The number of rotatable bonds is 0. The number of hydrogen-bond acceptors (Lipinski definition) is 1. The topological polar surface area (TPSA) is 20.2 Å². The molecule has 0 unspecified atom stereocenters. The van der Waals surface area contributed by atoms with Gasteiger partial charge in [-0.3, -0.25) is 0 Å². The quantitative estimate of drug-likeness (QED) is 0.238. The van der Waals surface area contributed by atoms with Gasteiger partial charge in [-0.05, 0) is 101 Å². The maximum Gasteiger partial charge on any atom is 0.124 e. The summed E-state index contributed by atoms with van der Waals surface area (Å²) < 4.78 is 0. The summed E-state index contributed by atoms with van der Waals surface area (Å²) in [5.41, 5.74) is 6.23. The maximum atomic E-state index is 11.0. The molecule has 0 radical (unpaired) electrons. The molecule has 5 aromatic carbocycles. The molecule has 0 bridgehead atoms. The van der Waals surface area contributed by atoms with Gasteiger partial charge in [0.2, 0.25) is 0 Å². The lowest BCUT2D eigenvalue weighted by Gasteiger charge is -2.21. The highest BCUT2D eigenvalue weighted by molar-refractivity contribution is 6.35. The SMILES string of the molecule is Cc1ccc2c3ccc(C)c4c(C)cc(O)c(c5c(C)cc(C)c1c25)c43. The van der Waals surface area contributed by atoms with E-state index in [2.05, 4.69) is 65.0 Å². The smallest absolute Gasteiger partial charge is 0.124 e. The second-order valence-electron chi connectivity index (χ2n) is 7.83. The van der Waals surface area contributed by atoms with E-state index in [0.717, 1.165) is 10.9 Å². The molecule has 1 heteroatoms. The van der Waals surface area contributed by atoms with E-state index < -0.39 is 0 Å². The Labute approximate surface area is 153 Å². The lowest BCUT2D eigenvalue weighted by molar-refractivity contribution is 0.482. The zero-order valence-electron chi connectivity index (χ0n) is 15.9. The van der Waals surface area contributed by atoms with Gasteiger partial charge in [-0.25, -0.2) is 0 Å². The molecule has 5 rings (SSSR count). The Morgan fingerprint density at radius 2 is 0.923 bits per heavy atom. The largest absolute Gasteiger partial charge is 0.507 e. The van der Waals surface area contributed by atoms with Crippen LogP contribution in [0.2, 0.25) is 0 Å². The predicted octanol–water partition coefficient (Wildman–Crippen LogP) is 6.98. The maximum absolute atomic E-state index is 11.0. The van der Waals surface area contributed by atoms with Gasteiger partial charge in [-0.2, -0.15) is 0 Å². The summed E-state index contributed by atoms with van der Waals surface area (Å²) in [7, 11) is 0. The first-order valence-electron chi connectivity index (χ1n) is 9.20. The fraction of sp³-hybridized carbons (Fsp3) is 0.200. The van der Waals surface area contributed by atoms with E-state index in [-0.39, 0.29) is 0 Å². The highest BCUT2D eigenvalue weighted by Gasteiger charge is 2.20. The number of phenols is 1. The Bertz CT molecular complexity index is 1270. The number of aryl methyl sites for hydroxylation is 5. The third kappa shape index (κ3) is 1.71. The van der Waals surface area contributed by atoms with Gasteiger partial charge in [0.05, 0.1) is 0 Å². The Morgan fingerprint density at radius 1 is 0.462 bits per heavy atom. The minimum absolute atomic E-state index is 0.391. The molecule has 5 aromatic rings. The minimum atomic E-state index is 0.391. The normalized spacial score (nSPS) is 12.2. The monoisotopic (exact) mass is 338 g/mol. The van der Waals surface area contributed by atoms with Crippen LogP contribution in [0.25, 0.3) is 43.1 Å². The van der Waals surface area contributed by atoms with Crippen LogP contribution in [-0.2, 0) is 0 Å². The van der Waals surface area contributed by atoms with Crippen molar-refractivity contribution in [2.75, 3.05) is 0 Å². The summed E-state index contributed by atoms with van der Waals surface area (Å²) in [5.74, 6) is 0.391. The van der Waals surface area contributed by atoms with Crippen LogP contribution in [0.3, 0.4) is 0 Å². The Hall–Kier alpha value is -2.80. The van der Waals surface area contributed by atoms with Crippen molar-refractivity contribution in [3.05, 3.63) is 64.2 Å². The fourth-order valence-electron chi connectivity index (χ4n) is 5.12. The van der Waals surface area contributed by atoms with Gasteiger partial charge in [-0.15, -0.1) is 0 Å². The molecule has 1 N–H and O–H groups in total. The van der Waals surface area contributed by atoms with Crippen molar-refractivity contribution in [3.63, 3.8) is 0 Å². The standard InChI is InChI=1S/C25H22O/c1-12-6-8-17-18-9-7-13(2)21-16(5)11-19(26)25(24(18)21)22-15(4)10-14(3)20(12)23(17)22/h6-11,26H,1-5H3. The van der Waals surface area contributed by atoms with Crippen molar-refractivity contribution in [1.29, 1.82) is 0 Å². The van der Waals surface area contributed by atoms with Crippen molar-refractivity contribution in [2.24, 2.45) is 0 Å². The van der Waals surface area contributed by atoms with Crippen molar-refractivity contribution >= 4 is 43.1 Å². The molecule has 128 valence electrons. The molecule has 0 atom stereocenters. The van der Waals surface area contributed by atoms with Crippen molar-refractivity contribution in [1.82, 2.24) is 0 Å². The summed E-state index contributed by atoms with van der Waals surface area (Å²) >= 11 is 0. The lowest BCUT2D eigenvalue weighted by atomic mass is 9.83. The fourth-order valence-corrected chi connectivity index (χ4v) is 5.12. The van der Waals surface area contributed by atoms with Crippen LogP contribution >= 0.6 is 0 Å². The molecule has 0 amide bonds. The van der Waals surface area contributed by atoms with Crippen molar-refractivity contribution in [3.8, 4) is 5.75 Å². The van der Waals surface area contributed by atoms with Gasteiger partial charge >= 0.3 is 0 Å². The summed E-state index contributed by atoms with van der Waals surface area (Å²) in [6.45, 7) is 10.8. The second-order valence-corrected chi connectivity index (χ2v) is 7.83. The summed E-state index contributed by atoms with van der Waals surface area (Å²) in [5, 5.41) is 20.8. The molecule has 0 aliphatic rings.